The van der Waals surface area contributed by atoms with E-state index in [9.17, 15) is 24.1 Å². The number of carbonyl (C=O) groups is 2. The number of methoxy groups -OCH3 is 2. The van der Waals surface area contributed by atoms with Crippen molar-refractivity contribution < 1.29 is 56.7 Å². The van der Waals surface area contributed by atoms with Crippen LogP contribution in [0.3, 0.4) is 0 Å². The number of fused-ring (bicyclic) bond motifs is 1. The molecule has 0 aliphatic carbocycles. The number of anilines is 1. The Morgan fingerprint density at radius 3 is 2.17 bits per heavy atom. The van der Waals surface area contributed by atoms with Gasteiger partial charge in [0.25, 0.3) is 5.56 Å². The summed E-state index contributed by atoms with van der Waals surface area (Å²) in [5, 5.41) is 12.7. The third kappa shape index (κ3) is 8.48. The number of carbonyl (C=O) groups excluding carboxylic acids is 2. The predicted molar refractivity (Wildman–Crippen MR) is 207 cm³/mol. The highest BCUT2D eigenvalue weighted by atomic mass is 31.1. The van der Waals surface area contributed by atoms with Gasteiger partial charge in [0.05, 0.1) is 39.7 Å². The molecule has 58 heavy (non-hydrogen) atoms. The molecular formula is C39H44N5O13P. The Labute approximate surface area is 333 Å². The van der Waals surface area contributed by atoms with E-state index in [1.165, 1.54) is 24.7 Å². The van der Waals surface area contributed by atoms with E-state index in [2.05, 4.69) is 15.0 Å². The quantitative estimate of drug-likeness (QED) is 0.0523. The first-order valence-corrected chi connectivity index (χ1v) is 19.4. The minimum atomic E-state index is -3.88. The van der Waals surface area contributed by atoms with Gasteiger partial charge in [-0.05, 0) is 47.9 Å². The highest BCUT2D eigenvalue weighted by molar-refractivity contribution is 7.34. The van der Waals surface area contributed by atoms with Crippen LogP contribution in [0.2, 0.25) is 0 Å². The van der Waals surface area contributed by atoms with Crippen molar-refractivity contribution in [2.24, 2.45) is 5.92 Å². The summed E-state index contributed by atoms with van der Waals surface area (Å²) in [6.45, 7) is 3.36. The molecule has 19 heteroatoms. The molecule has 6 rings (SSSR count). The van der Waals surface area contributed by atoms with E-state index in [0.29, 0.717) is 28.2 Å². The van der Waals surface area contributed by atoms with Gasteiger partial charge in [-0.15, -0.1) is 0 Å². The molecule has 0 radical (unpaired) electrons. The third-order valence-electron chi connectivity index (χ3n) is 9.37. The number of esters is 1. The van der Waals surface area contributed by atoms with Gasteiger partial charge < -0.3 is 43.8 Å². The zero-order valence-corrected chi connectivity index (χ0v) is 33.3. The van der Waals surface area contributed by atoms with Crippen molar-refractivity contribution in [3.05, 3.63) is 112 Å². The fourth-order valence-electron chi connectivity index (χ4n) is 6.54. The zero-order valence-electron chi connectivity index (χ0n) is 32.3. The first-order valence-electron chi connectivity index (χ1n) is 18.1. The maximum atomic E-state index is 13.5. The van der Waals surface area contributed by atoms with Crippen molar-refractivity contribution in [2.45, 2.75) is 50.6 Å². The molecule has 2 aromatic heterocycles. The fourth-order valence-corrected chi connectivity index (χ4v) is 7.50. The molecular weight excluding hydrogens is 777 g/mol. The van der Waals surface area contributed by atoms with Crippen LogP contribution < -0.4 is 20.8 Å². The van der Waals surface area contributed by atoms with Crippen LogP contribution in [-0.4, -0.2) is 88.6 Å². The van der Waals surface area contributed by atoms with Gasteiger partial charge >= 0.3 is 20.2 Å². The summed E-state index contributed by atoms with van der Waals surface area (Å²) in [4.78, 5) is 48.8. The Morgan fingerprint density at radius 1 is 1.00 bits per heavy atom. The van der Waals surface area contributed by atoms with Gasteiger partial charge in [-0.3, -0.25) is 23.7 Å². The maximum Gasteiger partial charge on any atom is 0.372 e. The number of nitrogen functional groups attached to an aromatic ring is 1. The number of ether oxygens (including phenoxy) is 6. The normalized spacial score (nSPS) is 19.9. The Kier molecular flexibility index (Phi) is 13.0. The molecule has 1 aliphatic rings. The van der Waals surface area contributed by atoms with E-state index < -0.39 is 74.7 Å². The van der Waals surface area contributed by atoms with Gasteiger partial charge in [0.2, 0.25) is 11.7 Å². The van der Waals surface area contributed by atoms with Crippen molar-refractivity contribution in [3.63, 3.8) is 0 Å². The maximum absolute atomic E-state index is 13.5. The van der Waals surface area contributed by atoms with Gasteiger partial charge in [0.1, 0.15) is 29.8 Å². The second kappa shape index (κ2) is 17.9. The molecule has 1 saturated heterocycles. The molecule has 1 unspecified atom stereocenters. The summed E-state index contributed by atoms with van der Waals surface area (Å²) >= 11 is 0. The number of nitrogens with two attached hydrogens (primary N) is 1. The van der Waals surface area contributed by atoms with Crippen molar-refractivity contribution in [1.82, 2.24) is 19.5 Å². The molecule has 3 heterocycles. The summed E-state index contributed by atoms with van der Waals surface area (Å²) in [5.74, 6) is -4.32. The Hall–Kier alpha value is -5.62. The summed E-state index contributed by atoms with van der Waals surface area (Å²) in [6.07, 6.45) is -3.75. The van der Waals surface area contributed by atoms with E-state index in [1.807, 2.05) is 54.6 Å². The molecule has 0 amide bonds. The number of hydrogen-bond donors (Lipinski definition) is 3. The van der Waals surface area contributed by atoms with E-state index in [1.54, 1.807) is 45.4 Å². The number of aliphatic hydroxyl groups is 1. The number of rotatable bonds is 17. The first kappa shape index (κ1) is 42.0. The summed E-state index contributed by atoms with van der Waals surface area (Å²) < 4.78 is 61.1. The molecule has 0 bridgehead atoms. The monoisotopic (exact) mass is 821 g/mol. The number of aromatic nitrogens is 4. The standard InChI is InChI=1S/C39H44N5O13P/c1-6-52-30(45)21-53-32-35(44-22-41-31-33(44)42-37(40)43-34(31)46)55-29(39(32,48)57-58(49)56-36(47)23(2)3)20-54-38(24-10-8-7-9-11-24,25-12-16-27(50-4)17-13-25)26-14-18-28(51-5)19-15-26/h7-19,22-23,29,32,35,48,58H,6,20-21H2,1-5H3,(H3,40,42,43,46)/t29-,32+,35-,39-/m1/s1. The molecule has 5 aromatic rings. The van der Waals surface area contributed by atoms with Gasteiger partial charge in [-0.2, -0.15) is 4.98 Å². The summed E-state index contributed by atoms with van der Waals surface area (Å²) in [7, 11) is -0.794. The second-order valence-corrected chi connectivity index (χ2v) is 14.2. The zero-order chi connectivity index (χ0) is 41.6. The molecule has 0 saturated carbocycles. The number of benzene rings is 3. The molecule has 1 aliphatic heterocycles. The predicted octanol–water partition coefficient (Wildman–Crippen LogP) is 3.87. The van der Waals surface area contributed by atoms with E-state index in [4.69, 9.17) is 43.2 Å². The van der Waals surface area contributed by atoms with Crippen LogP contribution in [0.1, 0.15) is 43.7 Å². The lowest BCUT2D eigenvalue weighted by atomic mass is 9.80. The average molecular weight is 822 g/mol. The van der Waals surface area contributed by atoms with E-state index >= 15 is 0 Å². The van der Waals surface area contributed by atoms with Gasteiger partial charge in [-0.1, -0.05) is 68.4 Å². The van der Waals surface area contributed by atoms with Crippen LogP contribution in [0, 0.1) is 5.92 Å². The van der Waals surface area contributed by atoms with E-state index in [0.717, 1.165) is 0 Å². The number of nitrogens with zero attached hydrogens (tertiary/aromatic N) is 3. The largest absolute Gasteiger partial charge is 0.497 e. The highest BCUT2D eigenvalue weighted by Crippen LogP contribution is 2.48. The Balaban J connectivity index is 1.51. The fraction of sp³-hybridized carbons (Fsp3) is 0.359. The molecule has 308 valence electrons. The van der Waals surface area contributed by atoms with Crippen LogP contribution in [0.5, 0.6) is 11.5 Å². The smallest absolute Gasteiger partial charge is 0.372 e. The first-order chi connectivity index (χ1) is 27.8. The van der Waals surface area contributed by atoms with Crippen molar-refractivity contribution in [3.8, 4) is 11.5 Å². The molecule has 18 nitrogen and oxygen atoms in total. The van der Waals surface area contributed by atoms with Crippen molar-refractivity contribution >= 4 is 37.3 Å². The van der Waals surface area contributed by atoms with Crippen LogP contribution in [0.4, 0.5) is 5.95 Å². The lowest BCUT2D eigenvalue weighted by molar-refractivity contribution is -0.235. The molecule has 4 N–H and O–H groups in total. The number of aromatic amines is 1. The lowest BCUT2D eigenvalue weighted by Crippen LogP contribution is -2.53. The topological polar surface area (TPSA) is 235 Å². The number of hydrogen-bond acceptors (Lipinski definition) is 16. The Morgan fingerprint density at radius 2 is 1.60 bits per heavy atom. The van der Waals surface area contributed by atoms with Crippen LogP contribution in [-0.2, 0) is 47.8 Å². The SMILES string of the molecule is CCOC(=O)CO[C@H]1[C@H](n2cnc3c(=O)[nH]c(N)nc32)O[C@H](COC(c2ccccc2)(c2ccc(OC)cc2)c2ccc(OC)cc2)[C@@]1(O)O[PH](=O)OC(=O)C(C)C. The minimum Gasteiger partial charge on any atom is -0.497 e. The minimum absolute atomic E-state index is 0.0132. The lowest BCUT2D eigenvalue weighted by Gasteiger charge is -2.38. The van der Waals surface area contributed by atoms with Gasteiger partial charge in [0, 0.05) is 0 Å². The average Bonchev–Trinajstić information content (AvgIpc) is 3.75. The van der Waals surface area contributed by atoms with E-state index in [-0.39, 0.29) is 23.7 Å². The highest BCUT2D eigenvalue weighted by Gasteiger charge is 2.61. The van der Waals surface area contributed by atoms with Crippen LogP contribution in [0.15, 0.2) is 90.0 Å². The number of H-pyrrole nitrogens is 1. The van der Waals surface area contributed by atoms with Crippen LogP contribution in [0.25, 0.3) is 11.2 Å². The molecule has 0 spiro atoms. The van der Waals surface area contributed by atoms with Crippen molar-refractivity contribution in [1.29, 1.82) is 0 Å². The summed E-state index contributed by atoms with van der Waals surface area (Å²) in [5.41, 5.74) is 5.43. The van der Waals surface area contributed by atoms with Gasteiger partial charge in [-0.25, -0.2) is 14.3 Å². The van der Waals surface area contributed by atoms with Gasteiger partial charge in [0.15, 0.2) is 23.5 Å². The molecule has 3 aromatic carbocycles. The van der Waals surface area contributed by atoms with Crippen LogP contribution >= 0.6 is 8.25 Å². The molecule has 5 atom stereocenters. The summed E-state index contributed by atoms with van der Waals surface area (Å²) in [6, 6.07) is 23.6. The third-order valence-corrected chi connectivity index (χ3v) is 10.2. The van der Waals surface area contributed by atoms with Crippen molar-refractivity contribution in [2.75, 3.05) is 39.8 Å². The number of imidazole rings is 1. The molecule has 1 fully saturated rings. The number of nitrogens with one attached hydrogen (secondary N) is 1. The second-order valence-electron chi connectivity index (χ2n) is 13.3. The Bertz CT molecular complexity index is 2240.